The minimum Gasteiger partial charge on any atom is -0.395 e. The van der Waals surface area contributed by atoms with Crippen molar-refractivity contribution in [3.8, 4) is 0 Å². The van der Waals surface area contributed by atoms with Crippen molar-refractivity contribution in [2.75, 3.05) is 26.7 Å². The molecule has 0 aromatic heterocycles. The van der Waals surface area contributed by atoms with Crippen LogP contribution < -0.4 is 0 Å². The largest absolute Gasteiger partial charge is 0.395 e. The van der Waals surface area contributed by atoms with Gasteiger partial charge in [-0.1, -0.05) is 23.7 Å². The van der Waals surface area contributed by atoms with Crippen LogP contribution in [0.4, 0.5) is 0 Å². The predicted octanol–water partition coefficient (Wildman–Crippen LogP) is 1.45. The van der Waals surface area contributed by atoms with Gasteiger partial charge >= 0.3 is 0 Å². The standard InChI is InChI=1S/C11H14ClNO2/c1-13(5-6-14)8-11(15)9-3-2-4-10(12)7-9/h2-4,7,14H,5-6,8H2,1H3. The summed E-state index contributed by atoms with van der Waals surface area (Å²) in [6, 6.07) is 6.87. The van der Waals surface area contributed by atoms with Gasteiger partial charge < -0.3 is 5.11 Å². The number of benzene rings is 1. The average molecular weight is 228 g/mol. The molecule has 1 rings (SSSR count). The smallest absolute Gasteiger partial charge is 0.176 e. The molecule has 4 heteroatoms. The van der Waals surface area contributed by atoms with E-state index in [0.717, 1.165) is 0 Å². The van der Waals surface area contributed by atoms with Crippen LogP contribution >= 0.6 is 11.6 Å². The monoisotopic (exact) mass is 227 g/mol. The summed E-state index contributed by atoms with van der Waals surface area (Å²) in [5.74, 6) is 0.00782. The van der Waals surface area contributed by atoms with Gasteiger partial charge in [0.1, 0.15) is 0 Å². The Morgan fingerprint density at radius 1 is 1.53 bits per heavy atom. The third-order valence-corrected chi connectivity index (χ3v) is 2.28. The van der Waals surface area contributed by atoms with Gasteiger partial charge in [0.05, 0.1) is 13.2 Å². The molecule has 0 bridgehead atoms. The molecule has 0 unspecified atom stereocenters. The van der Waals surface area contributed by atoms with E-state index in [-0.39, 0.29) is 12.4 Å². The number of rotatable bonds is 5. The average Bonchev–Trinajstić information content (AvgIpc) is 2.18. The molecular formula is C11H14ClNO2. The zero-order valence-electron chi connectivity index (χ0n) is 8.61. The molecule has 0 spiro atoms. The topological polar surface area (TPSA) is 40.5 Å². The summed E-state index contributed by atoms with van der Waals surface area (Å²) in [5.41, 5.74) is 0.604. The Bertz CT molecular complexity index is 341. The Kier molecular flexibility index (Phi) is 4.75. The van der Waals surface area contributed by atoms with Gasteiger partial charge in [0.15, 0.2) is 5.78 Å². The lowest BCUT2D eigenvalue weighted by atomic mass is 10.1. The SMILES string of the molecule is CN(CCO)CC(=O)c1cccc(Cl)c1. The highest BCUT2D eigenvalue weighted by Crippen LogP contribution is 2.11. The number of carbonyl (C=O) groups excluding carboxylic acids is 1. The summed E-state index contributed by atoms with van der Waals surface area (Å²) >= 11 is 5.78. The van der Waals surface area contributed by atoms with Crippen molar-refractivity contribution in [2.24, 2.45) is 0 Å². The molecule has 0 amide bonds. The summed E-state index contributed by atoms with van der Waals surface area (Å²) in [6.07, 6.45) is 0. The van der Waals surface area contributed by atoms with Crippen LogP contribution in [0.15, 0.2) is 24.3 Å². The molecule has 1 aromatic carbocycles. The van der Waals surface area contributed by atoms with E-state index in [1.807, 2.05) is 0 Å². The predicted molar refractivity (Wildman–Crippen MR) is 60.4 cm³/mol. The molecule has 15 heavy (non-hydrogen) atoms. The quantitative estimate of drug-likeness (QED) is 0.774. The van der Waals surface area contributed by atoms with Crippen LogP contribution in [0, 0.1) is 0 Å². The number of aliphatic hydroxyl groups is 1. The minimum absolute atomic E-state index is 0.00782. The molecule has 3 nitrogen and oxygen atoms in total. The molecule has 0 radical (unpaired) electrons. The number of ketones is 1. The zero-order valence-corrected chi connectivity index (χ0v) is 9.37. The van der Waals surface area contributed by atoms with Crippen LogP contribution in [0.3, 0.4) is 0 Å². The number of hydrogen-bond donors (Lipinski definition) is 1. The number of hydrogen-bond acceptors (Lipinski definition) is 3. The molecule has 82 valence electrons. The van der Waals surface area contributed by atoms with Crippen LogP contribution in [0.2, 0.25) is 5.02 Å². The van der Waals surface area contributed by atoms with Crippen LogP contribution in [0.1, 0.15) is 10.4 Å². The van der Waals surface area contributed by atoms with Gasteiger partial charge in [0, 0.05) is 17.1 Å². The number of halogens is 1. The summed E-state index contributed by atoms with van der Waals surface area (Å²) < 4.78 is 0. The maximum atomic E-state index is 11.7. The Morgan fingerprint density at radius 3 is 2.87 bits per heavy atom. The van der Waals surface area contributed by atoms with Crippen molar-refractivity contribution in [1.29, 1.82) is 0 Å². The first kappa shape index (κ1) is 12.2. The van der Waals surface area contributed by atoms with Crippen molar-refractivity contribution in [2.45, 2.75) is 0 Å². The van der Waals surface area contributed by atoms with E-state index in [9.17, 15) is 4.79 Å². The van der Waals surface area contributed by atoms with Gasteiger partial charge in [-0.3, -0.25) is 9.69 Å². The first-order valence-electron chi connectivity index (χ1n) is 4.71. The van der Waals surface area contributed by atoms with E-state index in [0.29, 0.717) is 23.7 Å². The van der Waals surface area contributed by atoms with E-state index in [4.69, 9.17) is 16.7 Å². The number of aliphatic hydroxyl groups excluding tert-OH is 1. The van der Waals surface area contributed by atoms with Crippen molar-refractivity contribution in [3.05, 3.63) is 34.9 Å². The summed E-state index contributed by atoms with van der Waals surface area (Å²) in [6.45, 7) is 0.840. The minimum atomic E-state index is 0.00782. The van der Waals surface area contributed by atoms with E-state index in [1.165, 1.54) is 0 Å². The van der Waals surface area contributed by atoms with Gasteiger partial charge in [0.25, 0.3) is 0 Å². The first-order valence-corrected chi connectivity index (χ1v) is 5.09. The molecule has 0 saturated heterocycles. The fourth-order valence-corrected chi connectivity index (χ4v) is 1.44. The molecule has 0 aliphatic carbocycles. The second kappa shape index (κ2) is 5.85. The van der Waals surface area contributed by atoms with Gasteiger partial charge in [-0.15, -0.1) is 0 Å². The van der Waals surface area contributed by atoms with Crippen molar-refractivity contribution >= 4 is 17.4 Å². The van der Waals surface area contributed by atoms with E-state index in [1.54, 1.807) is 36.2 Å². The number of nitrogens with zero attached hydrogens (tertiary/aromatic N) is 1. The maximum Gasteiger partial charge on any atom is 0.176 e. The fraction of sp³-hybridized carbons (Fsp3) is 0.364. The molecule has 0 saturated carbocycles. The van der Waals surface area contributed by atoms with Gasteiger partial charge in [-0.2, -0.15) is 0 Å². The molecule has 0 fully saturated rings. The normalized spacial score (nSPS) is 10.7. The Morgan fingerprint density at radius 2 is 2.27 bits per heavy atom. The maximum absolute atomic E-state index is 11.7. The van der Waals surface area contributed by atoms with E-state index >= 15 is 0 Å². The third-order valence-electron chi connectivity index (χ3n) is 2.04. The number of likely N-dealkylation sites (N-methyl/N-ethyl adjacent to an activating group) is 1. The molecule has 0 aliphatic heterocycles. The molecule has 0 aliphatic rings. The lowest BCUT2D eigenvalue weighted by molar-refractivity contribution is 0.0936. The van der Waals surface area contributed by atoms with E-state index in [2.05, 4.69) is 0 Å². The van der Waals surface area contributed by atoms with Gasteiger partial charge in [-0.25, -0.2) is 0 Å². The van der Waals surface area contributed by atoms with Crippen molar-refractivity contribution in [1.82, 2.24) is 4.90 Å². The number of carbonyl (C=O) groups is 1. The Hall–Kier alpha value is -0.900. The highest BCUT2D eigenvalue weighted by Gasteiger charge is 2.08. The van der Waals surface area contributed by atoms with Crippen molar-refractivity contribution < 1.29 is 9.90 Å². The second-order valence-corrected chi connectivity index (χ2v) is 3.83. The fourth-order valence-electron chi connectivity index (χ4n) is 1.25. The first-order chi connectivity index (χ1) is 7.13. The lowest BCUT2D eigenvalue weighted by Gasteiger charge is -2.13. The van der Waals surface area contributed by atoms with E-state index < -0.39 is 0 Å². The molecule has 1 aromatic rings. The van der Waals surface area contributed by atoms with Gasteiger partial charge in [-0.05, 0) is 19.2 Å². The molecule has 0 atom stereocenters. The highest BCUT2D eigenvalue weighted by atomic mass is 35.5. The lowest BCUT2D eigenvalue weighted by Crippen LogP contribution is -2.28. The summed E-state index contributed by atoms with van der Waals surface area (Å²) in [5, 5.41) is 9.25. The van der Waals surface area contributed by atoms with Crippen molar-refractivity contribution in [3.63, 3.8) is 0 Å². The highest BCUT2D eigenvalue weighted by molar-refractivity contribution is 6.31. The molecule has 1 N–H and O–H groups in total. The van der Waals surface area contributed by atoms with Crippen LogP contribution in [0.25, 0.3) is 0 Å². The third kappa shape index (κ3) is 4.00. The second-order valence-electron chi connectivity index (χ2n) is 3.39. The summed E-state index contributed by atoms with van der Waals surface area (Å²) in [7, 11) is 1.79. The number of Topliss-reactive ketones (excluding diaryl/α,β-unsaturated/α-hetero) is 1. The van der Waals surface area contributed by atoms with Gasteiger partial charge in [0.2, 0.25) is 0 Å². The Balaban J connectivity index is 2.61. The van der Waals surface area contributed by atoms with Crippen LogP contribution in [-0.4, -0.2) is 42.5 Å². The molecule has 0 heterocycles. The van der Waals surface area contributed by atoms with Crippen LogP contribution in [-0.2, 0) is 0 Å². The van der Waals surface area contributed by atoms with Crippen LogP contribution in [0.5, 0.6) is 0 Å². The Labute approximate surface area is 94.3 Å². The zero-order chi connectivity index (χ0) is 11.3. The summed E-state index contributed by atoms with van der Waals surface area (Å²) in [4.78, 5) is 13.5. The molecular weight excluding hydrogens is 214 g/mol.